The summed E-state index contributed by atoms with van der Waals surface area (Å²) in [6.45, 7) is -0.594. The van der Waals surface area contributed by atoms with Crippen molar-refractivity contribution in [2.24, 2.45) is 5.92 Å². The number of carboxylic acid groups (broad SMARTS) is 1. The molecule has 0 radical (unpaired) electrons. The summed E-state index contributed by atoms with van der Waals surface area (Å²) in [7, 11) is 1.73. The van der Waals surface area contributed by atoms with Crippen LogP contribution in [0.3, 0.4) is 0 Å². The van der Waals surface area contributed by atoms with Crippen molar-refractivity contribution in [3.8, 4) is 5.75 Å². The van der Waals surface area contributed by atoms with E-state index in [4.69, 9.17) is 5.11 Å². The van der Waals surface area contributed by atoms with Crippen LogP contribution in [0, 0.1) is 5.92 Å². The molecule has 0 aliphatic heterocycles. The maximum atomic E-state index is 12.2. The van der Waals surface area contributed by atoms with Gasteiger partial charge in [0.15, 0.2) is 0 Å². The third-order valence-electron chi connectivity index (χ3n) is 2.64. The Morgan fingerprint density at radius 2 is 2.05 bits per heavy atom. The fourth-order valence-corrected chi connectivity index (χ4v) is 1.75. The van der Waals surface area contributed by atoms with Gasteiger partial charge in [0.05, 0.1) is 5.92 Å². The zero-order chi connectivity index (χ0) is 14.4. The normalized spacial score (nSPS) is 12.7. The molecule has 0 heterocycles. The van der Waals surface area contributed by atoms with Crippen molar-refractivity contribution in [2.45, 2.75) is 20.1 Å². The summed E-state index contributed by atoms with van der Waals surface area (Å²) in [5.74, 6) is -1.29. The molecular formula is C13H17F2NO3. The van der Waals surface area contributed by atoms with Crippen LogP contribution in [-0.4, -0.2) is 36.2 Å². The van der Waals surface area contributed by atoms with Crippen LogP contribution in [-0.2, 0) is 11.3 Å². The predicted octanol–water partition coefficient (Wildman–Crippen LogP) is 2.44. The number of para-hydroxylation sites is 1. The number of alkyl halides is 2. The lowest BCUT2D eigenvalue weighted by Gasteiger charge is -2.20. The van der Waals surface area contributed by atoms with E-state index in [1.165, 1.54) is 6.07 Å². The summed E-state index contributed by atoms with van der Waals surface area (Å²) >= 11 is 0. The van der Waals surface area contributed by atoms with Gasteiger partial charge in [0, 0.05) is 18.7 Å². The zero-order valence-electron chi connectivity index (χ0n) is 10.8. The van der Waals surface area contributed by atoms with E-state index >= 15 is 0 Å². The maximum Gasteiger partial charge on any atom is 0.387 e. The van der Waals surface area contributed by atoms with Crippen molar-refractivity contribution in [3.63, 3.8) is 0 Å². The standard InChI is InChI=1S/C13H17F2NO3/c1-9(12(17)18)7-16(2)8-10-5-3-4-6-11(10)19-13(14)15/h3-6,9,13H,7-8H2,1-2H3,(H,17,18). The molecule has 1 aromatic carbocycles. The van der Waals surface area contributed by atoms with Crippen LogP contribution in [0.1, 0.15) is 12.5 Å². The number of hydrogen-bond acceptors (Lipinski definition) is 3. The number of rotatable bonds is 7. The van der Waals surface area contributed by atoms with Crippen molar-refractivity contribution in [1.82, 2.24) is 4.90 Å². The lowest BCUT2D eigenvalue weighted by Crippen LogP contribution is -2.28. The van der Waals surface area contributed by atoms with Crippen molar-refractivity contribution in [3.05, 3.63) is 29.8 Å². The van der Waals surface area contributed by atoms with Crippen LogP contribution in [0.2, 0.25) is 0 Å². The van der Waals surface area contributed by atoms with E-state index in [9.17, 15) is 13.6 Å². The molecule has 0 spiro atoms. The number of carboxylic acids is 1. The van der Waals surface area contributed by atoms with Crippen LogP contribution >= 0.6 is 0 Å². The molecule has 0 fully saturated rings. The molecular weight excluding hydrogens is 256 g/mol. The molecule has 0 amide bonds. The zero-order valence-corrected chi connectivity index (χ0v) is 10.8. The third kappa shape index (κ3) is 5.21. The summed E-state index contributed by atoms with van der Waals surface area (Å²) < 4.78 is 28.9. The molecule has 1 N–H and O–H groups in total. The van der Waals surface area contributed by atoms with Crippen LogP contribution < -0.4 is 4.74 Å². The fraction of sp³-hybridized carbons (Fsp3) is 0.462. The number of nitrogens with zero attached hydrogens (tertiary/aromatic N) is 1. The summed E-state index contributed by atoms with van der Waals surface area (Å²) in [6.07, 6.45) is 0. The van der Waals surface area contributed by atoms with E-state index in [-0.39, 0.29) is 5.75 Å². The Morgan fingerprint density at radius 1 is 1.42 bits per heavy atom. The Bertz CT molecular complexity index is 426. The highest BCUT2D eigenvalue weighted by Gasteiger charge is 2.15. The first-order chi connectivity index (χ1) is 8.90. The van der Waals surface area contributed by atoms with Gasteiger partial charge in [-0.2, -0.15) is 8.78 Å². The molecule has 0 aromatic heterocycles. The van der Waals surface area contributed by atoms with E-state index in [0.29, 0.717) is 18.7 Å². The molecule has 0 bridgehead atoms. The summed E-state index contributed by atoms with van der Waals surface area (Å²) in [6, 6.07) is 6.48. The first-order valence-corrected chi connectivity index (χ1v) is 5.84. The molecule has 1 atom stereocenters. The van der Waals surface area contributed by atoms with Gasteiger partial charge >= 0.3 is 12.6 Å². The Morgan fingerprint density at radius 3 is 2.63 bits per heavy atom. The van der Waals surface area contributed by atoms with E-state index in [0.717, 1.165) is 0 Å². The van der Waals surface area contributed by atoms with E-state index in [1.807, 2.05) is 0 Å². The van der Waals surface area contributed by atoms with Gasteiger partial charge in [-0.25, -0.2) is 0 Å². The maximum absolute atomic E-state index is 12.2. The van der Waals surface area contributed by atoms with Gasteiger partial charge in [-0.3, -0.25) is 4.79 Å². The van der Waals surface area contributed by atoms with Crippen LogP contribution in [0.5, 0.6) is 5.75 Å². The van der Waals surface area contributed by atoms with E-state index in [1.54, 1.807) is 37.1 Å². The minimum Gasteiger partial charge on any atom is -0.481 e. The molecule has 1 aromatic rings. The lowest BCUT2D eigenvalue weighted by atomic mass is 10.1. The highest BCUT2D eigenvalue weighted by atomic mass is 19.3. The number of hydrogen-bond donors (Lipinski definition) is 1. The summed E-state index contributed by atoms with van der Waals surface area (Å²) in [4.78, 5) is 12.5. The number of benzene rings is 1. The van der Waals surface area contributed by atoms with Crippen molar-refractivity contribution < 1.29 is 23.4 Å². The second-order valence-electron chi connectivity index (χ2n) is 4.42. The van der Waals surface area contributed by atoms with Crippen molar-refractivity contribution in [2.75, 3.05) is 13.6 Å². The quantitative estimate of drug-likeness (QED) is 0.829. The van der Waals surface area contributed by atoms with Gasteiger partial charge in [-0.1, -0.05) is 25.1 Å². The molecule has 106 valence electrons. The summed E-state index contributed by atoms with van der Waals surface area (Å²) in [5.41, 5.74) is 0.600. The predicted molar refractivity (Wildman–Crippen MR) is 66.2 cm³/mol. The topological polar surface area (TPSA) is 49.8 Å². The van der Waals surface area contributed by atoms with Gasteiger partial charge < -0.3 is 14.7 Å². The van der Waals surface area contributed by atoms with Gasteiger partial charge in [0.25, 0.3) is 0 Å². The van der Waals surface area contributed by atoms with Gasteiger partial charge in [-0.15, -0.1) is 0 Å². The molecule has 19 heavy (non-hydrogen) atoms. The molecule has 0 saturated carbocycles. The number of aliphatic carboxylic acids is 1. The van der Waals surface area contributed by atoms with E-state index in [2.05, 4.69) is 4.74 Å². The monoisotopic (exact) mass is 273 g/mol. The van der Waals surface area contributed by atoms with Gasteiger partial charge in [0.2, 0.25) is 0 Å². The number of halogens is 2. The molecule has 0 saturated heterocycles. The smallest absolute Gasteiger partial charge is 0.387 e. The SMILES string of the molecule is CC(CN(C)Cc1ccccc1OC(F)F)C(=O)O. The molecule has 1 unspecified atom stereocenters. The first-order valence-electron chi connectivity index (χ1n) is 5.84. The summed E-state index contributed by atoms with van der Waals surface area (Å²) in [5, 5.41) is 8.82. The second-order valence-corrected chi connectivity index (χ2v) is 4.42. The Balaban J connectivity index is 2.68. The minimum atomic E-state index is -2.87. The number of carbonyl (C=O) groups is 1. The molecule has 0 aliphatic rings. The third-order valence-corrected chi connectivity index (χ3v) is 2.64. The largest absolute Gasteiger partial charge is 0.481 e. The van der Waals surface area contributed by atoms with Crippen LogP contribution in [0.25, 0.3) is 0 Å². The van der Waals surface area contributed by atoms with Crippen LogP contribution in [0.4, 0.5) is 8.78 Å². The first kappa shape index (κ1) is 15.4. The van der Waals surface area contributed by atoms with Crippen molar-refractivity contribution in [1.29, 1.82) is 0 Å². The molecule has 0 aliphatic carbocycles. The van der Waals surface area contributed by atoms with Gasteiger partial charge in [0.1, 0.15) is 5.75 Å². The average Bonchev–Trinajstić information content (AvgIpc) is 2.30. The Labute approximate surface area is 110 Å². The highest BCUT2D eigenvalue weighted by molar-refractivity contribution is 5.69. The molecule has 4 nitrogen and oxygen atoms in total. The Kier molecular flexibility index (Phi) is 5.69. The second kappa shape index (κ2) is 7.04. The molecule has 6 heteroatoms. The Hall–Kier alpha value is -1.69. The highest BCUT2D eigenvalue weighted by Crippen LogP contribution is 2.21. The fourth-order valence-electron chi connectivity index (χ4n) is 1.75. The van der Waals surface area contributed by atoms with Crippen molar-refractivity contribution >= 4 is 5.97 Å². The van der Waals surface area contributed by atoms with E-state index < -0.39 is 18.5 Å². The number of ether oxygens (including phenoxy) is 1. The minimum absolute atomic E-state index is 0.118. The average molecular weight is 273 g/mol. The lowest BCUT2D eigenvalue weighted by molar-refractivity contribution is -0.141. The van der Waals surface area contributed by atoms with Crippen LogP contribution in [0.15, 0.2) is 24.3 Å². The van der Waals surface area contributed by atoms with Gasteiger partial charge in [-0.05, 0) is 13.1 Å². The molecule has 1 rings (SSSR count).